The number of isocyanates is 1. The Morgan fingerprint density at radius 3 is 2.32 bits per heavy atom. The van der Waals surface area contributed by atoms with E-state index in [-0.39, 0.29) is 0 Å². The Balaban J connectivity index is 1.94. The number of aliphatic imine (C=N–C) groups is 1. The molecule has 4 heteroatoms. The maximum atomic E-state index is 10.1. The first-order valence-electron chi connectivity index (χ1n) is 6.82. The molecule has 0 spiro atoms. The van der Waals surface area contributed by atoms with Gasteiger partial charge in [0.15, 0.2) is 0 Å². The molecule has 1 fully saturated rings. The Labute approximate surface area is 114 Å². The lowest BCUT2D eigenvalue weighted by molar-refractivity contribution is 0.209. The largest absolute Gasteiger partial charge is 0.369 e. The van der Waals surface area contributed by atoms with Crippen LogP contribution in [0.2, 0.25) is 0 Å². The summed E-state index contributed by atoms with van der Waals surface area (Å²) in [6.07, 6.45) is 1.57. The van der Waals surface area contributed by atoms with E-state index in [1.165, 1.54) is 5.69 Å². The monoisotopic (exact) mass is 259 g/mol. The van der Waals surface area contributed by atoms with Gasteiger partial charge in [-0.1, -0.05) is 12.1 Å². The van der Waals surface area contributed by atoms with Gasteiger partial charge in [-0.15, -0.1) is 0 Å². The van der Waals surface area contributed by atoms with Gasteiger partial charge < -0.3 is 4.90 Å². The van der Waals surface area contributed by atoms with Gasteiger partial charge in [-0.25, -0.2) is 9.79 Å². The molecule has 1 aromatic carbocycles. The van der Waals surface area contributed by atoms with E-state index < -0.39 is 0 Å². The molecule has 2 rings (SSSR count). The van der Waals surface area contributed by atoms with Crippen molar-refractivity contribution in [2.24, 2.45) is 4.99 Å². The molecule has 0 unspecified atom stereocenters. The van der Waals surface area contributed by atoms with Crippen LogP contribution in [-0.4, -0.2) is 43.2 Å². The second kappa shape index (κ2) is 6.50. The highest BCUT2D eigenvalue weighted by Crippen LogP contribution is 2.18. The van der Waals surface area contributed by atoms with E-state index >= 15 is 0 Å². The first-order valence-corrected chi connectivity index (χ1v) is 6.82. The van der Waals surface area contributed by atoms with E-state index in [1.807, 2.05) is 12.1 Å². The third-order valence-corrected chi connectivity index (χ3v) is 3.67. The van der Waals surface area contributed by atoms with Gasteiger partial charge in [0.05, 0.1) is 6.54 Å². The zero-order valence-corrected chi connectivity index (χ0v) is 11.7. The van der Waals surface area contributed by atoms with E-state index in [0.29, 0.717) is 12.6 Å². The van der Waals surface area contributed by atoms with Crippen molar-refractivity contribution in [3.05, 3.63) is 29.8 Å². The van der Waals surface area contributed by atoms with Gasteiger partial charge in [0.25, 0.3) is 0 Å². The van der Waals surface area contributed by atoms with E-state index in [9.17, 15) is 4.79 Å². The van der Waals surface area contributed by atoms with Crippen LogP contribution in [0, 0.1) is 0 Å². The summed E-state index contributed by atoms with van der Waals surface area (Å²) in [4.78, 5) is 18.6. The number of benzene rings is 1. The van der Waals surface area contributed by atoms with Crippen molar-refractivity contribution in [2.75, 3.05) is 31.1 Å². The van der Waals surface area contributed by atoms with Crippen LogP contribution in [0.5, 0.6) is 0 Å². The fourth-order valence-corrected chi connectivity index (χ4v) is 2.43. The van der Waals surface area contributed by atoms with Crippen molar-refractivity contribution >= 4 is 11.8 Å². The minimum Gasteiger partial charge on any atom is -0.369 e. The zero-order valence-electron chi connectivity index (χ0n) is 11.7. The van der Waals surface area contributed by atoms with Crippen molar-refractivity contribution < 1.29 is 4.79 Å². The zero-order chi connectivity index (χ0) is 13.7. The topological polar surface area (TPSA) is 35.9 Å². The fraction of sp³-hybridized carbons (Fsp3) is 0.533. The van der Waals surface area contributed by atoms with Gasteiger partial charge in [0.2, 0.25) is 6.08 Å². The number of piperazine rings is 1. The van der Waals surface area contributed by atoms with E-state index in [4.69, 9.17) is 0 Å². The second-order valence-electron chi connectivity index (χ2n) is 5.19. The molecule has 1 aromatic rings. The first kappa shape index (κ1) is 13.8. The third kappa shape index (κ3) is 3.66. The van der Waals surface area contributed by atoms with Crippen LogP contribution < -0.4 is 4.90 Å². The van der Waals surface area contributed by atoms with Gasteiger partial charge in [-0.05, 0) is 31.5 Å². The minimum atomic E-state index is 0.422. The van der Waals surface area contributed by atoms with Gasteiger partial charge in [0, 0.05) is 37.9 Å². The normalized spacial score (nSPS) is 16.5. The lowest BCUT2D eigenvalue weighted by Gasteiger charge is -2.38. The van der Waals surface area contributed by atoms with Crippen molar-refractivity contribution in [1.29, 1.82) is 0 Å². The standard InChI is InChI=1S/C15H21N3O/c1-13(2)17-7-9-18(10-8-17)15-5-3-14(4-6-15)11-16-12-19/h3-6,13H,7-11H2,1-2H3. The SMILES string of the molecule is CC(C)N1CCN(c2ccc(CN=C=O)cc2)CC1. The Hall–Kier alpha value is -1.64. The molecule has 1 aliphatic rings. The molecule has 19 heavy (non-hydrogen) atoms. The second-order valence-corrected chi connectivity index (χ2v) is 5.19. The molecule has 0 aliphatic carbocycles. The number of carbonyl (C=O) groups excluding carboxylic acids is 1. The van der Waals surface area contributed by atoms with Gasteiger partial charge >= 0.3 is 0 Å². The molecule has 0 N–H and O–H groups in total. The summed E-state index contributed by atoms with van der Waals surface area (Å²) in [7, 11) is 0. The Morgan fingerprint density at radius 2 is 1.79 bits per heavy atom. The van der Waals surface area contributed by atoms with Crippen LogP contribution in [0.3, 0.4) is 0 Å². The fourth-order valence-electron chi connectivity index (χ4n) is 2.43. The number of hydrogen-bond acceptors (Lipinski definition) is 4. The number of rotatable bonds is 4. The molecule has 0 atom stereocenters. The van der Waals surface area contributed by atoms with E-state index in [0.717, 1.165) is 31.7 Å². The van der Waals surface area contributed by atoms with Crippen LogP contribution in [0.4, 0.5) is 5.69 Å². The average molecular weight is 259 g/mol. The minimum absolute atomic E-state index is 0.422. The molecule has 1 aliphatic heterocycles. The summed E-state index contributed by atoms with van der Waals surface area (Å²) in [6.45, 7) is 9.30. The molecule has 0 bridgehead atoms. The molecule has 0 saturated carbocycles. The summed E-state index contributed by atoms with van der Waals surface area (Å²) in [6, 6.07) is 8.92. The number of anilines is 1. The summed E-state index contributed by atoms with van der Waals surface area (Å²) in [5.41, 5.74) is 2.30. The van der Waals surface area contributed by atoms with Crippen LogP contribution in [0.25, 0.3) is 0 Å². The van der Waals surface area contributed by atoms with Crippen molar-refractivity contribution in [2.45, 2.75) is 26.4 Å². The Bertz CT molecular complexity index is 441. The van der Waals surface area contributed by atoms with Gasteiger partial charge in [-0.3, -0.25) is 4.90 Å². The quantitative estimate of drug-likeness (QED) is 0.613. The average Bonchev–Trinajstić information content (AvgIpc) is 2.46. The predicted molar refractivity (Wildman–Crippen MR) is 77.2 cm³/mol. The molecule has 0 radical (unpaired) electrons. The maximum absolute atomic E-state index is 10.1. The van der Waals surface area contributed by atoms with E-state index in [2.05, 4.69) is 40.8 Å². The van der Waals surface area contributed by atoms with Gasteiger partial charge in [-0.2, -0.15) is 0 Å². The van der Waals surface area contributed by atoms with Gasteiger partial charge in [0.1, 0.15) is 0 Å². The van der Waals surface area contributed by atoms with Crippen LogP contribution in [0.15, 0.2) is 29.3 Å². The van der Waals surface area contributed by atoms with Crippen molar-refractivity contribution in [3.63, 3.8) is 0 Å². The molecule has 1 heterocycles. The number of hydrogen-bond donors (Lipinski definition) is 0. The summed E-state index contributed by atoms with van der Waals surface area (Å²) < 4.78 is 0. The predicted octanol–water partition coefficient (Wildman–Crippen LogP) is 2.05. The molecular weight excluding hydrogens is 238 g/mol. The van der Waals surface area contributed by atoms with Crippen LogP contribution in [0.1, 0.15) is 19.4 Å². The highest BCUT2D eigenvalue weighted by Gasteiger charge is 2.18. The lowest BCUT2D eigenvalue weighted by atomic mass is 10.1. The Morgan fingerprint density at radius 1 is 1.16 bits per heavy atom. The van der Waals surface area contributed by atoms with Crippen molar-refractivity contribution in [3.8, 4) is 0 Å². The maximum Gasteiger partial charge on any atom is 0.235 e. The Kier molecular flexibility index (Phi) is 4.72. The summed E-state index contributed by atoms with van der Waals surface area (Å²) in [5.74, 6) is 0. The van der Waals surface area contributed by atoms with E-state index in [1.54, 1.807) is 6.08 Å². The molecular formula is C15H21N3O. The van der Waals surface area contributed by atoms with Crippen molar-refractivity contribution in [1.82, 2.24) is 4.90 Å². The highest BCUT2D eigenvalue weighted by molar-refractivity contribution is 5.48. The molecule has 102 valence electrons. The third-order valence-electron chi connectivity index (χ3n) is 3.67. The molecule has 0 aromatic heterocycles. The summed E-state index contributed by atoms with van der Waals surface area (Å²) in [5, 5.41) is 0. The van der Waals surface area contributed by atoms with Crippen LogP contribution in [-0.2, 0) is 11.3 Å². The highest BCUT2D eigenvalue weighted by atomic mass is 16.1. The molecule has 1 saturated heterocycles. The number of nitrogens with zero attached hydrogens (tertiary/aromatic N) is 3. The smallest absolute Gasteiger partial charge is 0.235 e. The van der Waals surface area contributed by atoms with Crippen LogP contribution >= 0.6 is 0 Å². The molecule has 0 amide bonds. The molecule has 4 nitrogen and oxygen atoms in total. The first-order chi connectivity index (χ1) is 9.20. The lowest BCUT2D eigenvalue weighted by Crippen LogP contribution is -2.48. The summed E-state index contributed by atoms with van der Waals surface area (Å²) >= 11 is 0.